The summed E-state index contributed by atoms with van der Waals surface area (Å²) in [5.41, 5.74) is 4.06. The molecule has 3 heterocycles. The molecule has 0 spiro atoms. The van der Waals surface area contributed by atoms with Crippen molar-refractivity contribution in [2.45, 2.75) is 6.92 Å². The third kappa shape index (κ3) is 1.99. The highest BCUT2D eigenvalue weighted by molar-refractivity contribution is 6.33. The minimum Gasteiger partial charge on any atom is -0.360 e. The quantitative estimate of drug-likeness (QED) is 0.415. The van der Waals surface area contributed by atoms with E-state index in [4.69, 9.17) is 11.6 Å². The molecule has 0 bridgehead atoms. The summed E-state index contributed by atoms with van der Waals surface area (Å²) in [6.07, 6.45) is 1.70. The summed E-state index contributed by atoms with van der Waals surface area (Å²) in [5, 5.41) is 8.51. The van der Waals surface area contributed by atoms with Crippen molar-refractivity contribution < 1.29 is 8.78 Å². The highest BCUT2D eigenvalue weighted by atomic mass is 35.5. The summed E-state index contributed by atoms with van der Waals surface area (Å²) < 4.78 is 29.0. The summed E-state index contributed by atoms with van der Waals surface area (Å²) in [5.74, 6) is -1.34. The van der Waals surface area contributed by atoms with Crippen molar-refractivity contribution in [3.63, 3.8) is 0 Å². The number of fused-ring (bicyclic) bond motifs is 2. The van der Waals surface area contributed by atoms with Crippen molar-refractivity contribution >= 4 is 33.9 Å². The van der Waals surface area contributed by atoms with Crippen LogP contribution in [-0.4, -0.2) is 20.9 Å². The standard InChI is InChI=1S/C19H11ClF2N4/c1-8-17-19(26-25-8)10-5-9(20)6-14-15(10)11(7-23-14)18(24-17)16-12(21)3-2-4-13(16)22/h2-7,23H,1H3,(H,25,26). The third-order valence-corrected chi connectivity index (χ3v) is 4.83. The van der Waals surface area contributed by atoms with Gasteiger partial charge < -0.3 is 4.98 Å². The monoisotopic (exact) mass is 368 g/mol. The van der Waals surface area contributed by atoms with E-state index in [-0.39, 0.29) is 11.3 Å². The molecule has 128 valence electrons. The van der Waals surface area contributed by atoms with Crippen molar-refractivity contribution in [2.75, 3.05) is 0 Å². The number of halogens is 3. The van der Waals surface area contributed by atoms with Gasteiger partial charge in [0.15, 0.2) is 0 Å². The van der Waals surface area contributed by atoms with Gasteiger partial charge in [-0.1, -0.05) is 17.7 Å². The molecule has 0 saturated carbocycles. The zero-order valence-corrected chi connectivity index (χ0v) is 14.2. The lowest BCUT2D eigenvalue weighted by Gasteiger charge is -2.08. The van der Waals surface area contributed by atoms with E-state index in [0.29, 0.717) is 27.7 Å². The molecule has 4 nitrogen and oxygen atoms in total. The lowest BCUT2D eigenvalue weighted by Crippen LogP contribution is -2.08. The van der Waals surface area contributed by atoms with Crippen molar-refractivity contribution in [1.29, 1.82) is 0 Å². The number of aliphatic imine (C=N–C) groups is 1. The van der Waals surface area contributed by atoms with E-state index in [1.54, 1.807) is 25.3 Å². The Morgan fingerprint density at radius 1 is 1.08 bits per heavy atom. The van der Waals surface area contributed by atoms with Crippen LogP contribution >= 0.6 is 11.6 Å². The molecule has 0 saturated heterocycles. The molecule has 0 amide bonds. The summed E-state index contributed by atoms with van der Waals surface area (Å²) in [4.78, 5) is 7.73. The summed E-state index contributed by atoms with van der Waals surface area (Å²) in [6.45, 7) is 1.79. The van der Waals surface area contributed by atoms with Gasteiger partial charge in [-0.3, -0.25) is 5.10 Å². The first kappa shape index (κ1) is 15.3. The normalized spacial score (nSPS) is 12.8. The Labute approximate surface area is 151 Å². The molecule has 7 heteroatoms. The second kappa shape index (κ2) is 5.25. The predicted molar refractivity (Wildman–Crippen MR) is 97.3 cm³/mol. The first-order valence-corrected chi connectivity index (χ1v) is 8.32. The van der Waals surface area contributed by atoms with E-state index in [0.717, 1.165) is 16.5 Å². The van der Waals surface area contributed by atoms with Crippen LogP contribution in [0.5, 0.6) is 0 Å². The smallest absolute Gasteiger partial charge is 0.135 e. The van der Waals surface area contributed by atoms with Gasteiger partial charge in [-0.2, -0.15) is 5.10 Å². The van der Waals surface area contributed by atoms with E-state index in [2.05, 4.69) is 20.2 Å². The number of hydrogen-bond acceptors (Lipinski definition) is 2. The lowest BCUT2D eigenvalue weighted by molar-refractivity contribution is 0.579. The molecule has 4 aromatic rings. The Hall–Kier alpha value is -2.99. The Morgan fingerprint density at radius 2 is 1.85 bits per heavy atom. The molecule has 0 atom stereocenters. The van der Waals surface area contributed by atoms with Crippen molar-refractivity contribution in [2.24, 2.45) is 4.99 Å². The zero-order valence-electron chi connectivity index (χ0n) is 13.5. The molecule has 0 radical (unpaired) electrons. The first-order chi connectivity index (χ1) is 12.5. The Kier molecular flexibility index (Phi) is 3.09. The van der Waals surface area contributed by atoms with Crippen LogP contribution in [0.4, 0.5) is 14.5 Å². The molecular weight excluding hydrogens is 358 g/mol. The molecular formula is C19H11ClF2N4. The number of H-pyrrole nitrogens is 2. The molecule has 0 unspecified atom stereocenters. The van der Waals surface area contributed by atoms with Crippen LogP contribution < -0.4 is 0 Å². The van der Waals surface area contributed by atoms with Crippen LogP contribution in [0.15, 0.2) is 41.5 Å². The molecule has 2 aromatic heterocycles. The van der Waals surface area contributed by atoms with Crippen molar-refractivity contribution in [3.05, 3.63) is 70.0 Å². The molecule has 1 aliphatic rings. The maximum Gasteiger partial charge on any atom is 0.135 e. The average molecular weight is 369 g/mol. The molecule has 5 rings (SSSR count). The number of aromatic amines is 2. The van der Waals surface area contributed by atoms with E-state index in [1.165, 1.54) is 18.2 Å². The molecule has 0 aliphatic carbocycles. The van der Waals surface area contributed by atoms with Gasteiger partial charge in [0.2, 0.25) is 0 Å². The fourth-order valence-electron chi connectivity index (χ4n) is 3.45. The maximum absolute atomic E-state index is 14.5. The number of rotatable bonds is 1. The fourth-order valence-corrected chi connectivity index (χ4v) is 3.67. The minimum atomic E-state index is -0.668. The van der Waals surface area contributed by atoms with Gasteiger partial charge in [-0.05, 0) is 31.2 Å². The molecule has 1 aliphatic heterocycles. The summed E-state index contributed by atoms with van der Waals surface area (Å²) in [6, 6.07) is 7.35. The number of aryl methyl sites for hydroxylation is 1. The highest BCUT2D eigenvalue weighted by Crippen LogP contribution is 2.42. The summed E-state index contributed by atoms with van der Waals surface area (Å²) in [7, 11) is 0. The van der Waals surface area contributed by atoms with E-state index in [1.807, 2.05) is 0 Å². The lowest BCUT2D eigenvalue weighted by atomic mass is 9.98. The van der Waals surface area contributed by atoms with Crippen LogP contribution in [0, 0.1) is 18.6 Å². The van der Waals surface area contributed by atoms with E-state index < -0.39 is 11.6 Å². The van der Waals surface area contributed by atoms with Crippen LogP contribution in [0.3, 0.4) is 0 Å². The van der Waals surface area contributed by atoms with Crippen molar-refractivity contribution in [1.82, 2.24) is 15.2 Å². The van der Waals surface area contributed by atoms with Crippen LogP contribution in [0.2, 0.25) is 5.02 Å². The van der Waals surface area contributed by atoms with E-state index in [9.17, 15) is 8.78 Å². The molecule has 2 aromatic carbocycles. The second-order valence-corrected chi connectivity index (χ2v) is 6.60. The van der Waals surface area contributed by atoms with Gasteiger partial charge in [0.25, 0.3) is 0 Å². The van der Waals surface area contributed by atoms with Gasteiger partial charge in [0, 0.05) is 33.2 Å². The van der Waals surface area contributed by atoms with Gasteiger partial charge in [-0.15, -0.1) is 0 Å². The number of hydrogen-bond donors (Lipinski definition) is 2. The number of aromatic nitrogens is 3. The molecule has 0 fully saturated rings. The topological polar surface area (TPSA) is 56.8 Å². The number of benzene rings is 2. The average Bonchev–Trinajstić information content (AvgIpc) is 3.13. The van der Waals surface area contributed by atoms with Crippen molar-refractivity contribution in [3.8, 4) is 11.3 Å². The third-order valence-electron chi connectivity index (χ3n) is 4.61. The van der Waals surface area contributed by atoms with Gasteiger partial charge >= 0.3 is 0 Å². The Bertz CT molecular complexity index is 1220. The molecule has 26 heavy (non-hydrogen) atoms. The Balaban J connectivity index is 1.97. The van der Waals surface area contributed by atoms with Crippen LogP contribution in [0.25, 0.3) is 22.2 Å². The van der Waals surface area contributed by atoms with E-state index >= 15 is 0 Å². The van der Waals surface area contributed by atoms with Crippen LogP contribution in [-0.2, 0) is 0 Å². The highest BCUT2D eigenvalue weighted by Gasteiger charge is 2.27. The number of nitrogens with one attached hydrogen (secondary N) is 2. The largest absolute Gasteiger partial charge is 0.360 e. The van der Waals surface area contributed by atoms with Gasteiger partial charge in [0.1, 0.15) is 17.3 Å². The van der Waals surface area contributed by atoms with Crippen LogP contribution in [0.1, 0.15) is 16.8 Å². The summed E-state index contributed by atoms with van der Waals surface area (Å²) >= 11 is 6.25. The van der Waals surface area contributed by atoms with Gasteiger partial charge in [0.05, 0.1) is 22.7 Å². The second-order valence-electron chi connectivity index (χ2n) is 6.17. The maximum atomic E-state index is 14.5. The minimum absolute atomic E-state index is 0.164. The predicted octanol–water partition coefficient (Wildman–Crippen LogP) is 5.28. The SMILES string of the molecule is Cc1n[nH]c2c1N=C(c1c(F)cccc1F)c1c[nH]c3cc(Cl)cc-2c13. The Morgan fingerprint density at radius 3 is 2.62 bits per heavy atom. The first-order valence-electron chi connectivity index (χ1n) is 7.94. The van der Waals surface area contributed by atoms with Gasteiger partial charge in [-0.25, -0.2) is 13.8 Å². The number of nitrogens with zero attached hydrogens (tertiary/aromatic N) is 2. The zero-order chi connectivity index (χ0) is 18.0. The fraction of sp³-hybridized carbons (Fsp3) is 0.0526. The molecule has 2 N–H and O–H groups in total.